The number of anilines is 1. The van der Waals surface area contributed by atoms with Crippen LogP contribution in [0.25, 0.3) is 0 Å². The van der Waals surface area contributed by atoms with Crippen LogP contribution in [-0.2, 0) is 0 Å². The number of hydrogen-bond acceptors (Lipinski definition) is 2. The summed E-state index contributed by atoms with van der Waals surface area (Å²) in [6.45, 7) is 6.21. The van der Waals surface area contributed by atoms with Crippen molar-refractivity contribution < 1.29 is 4.79 Å². The Bertz CT molecular complexity index is 687. The lowest BCUT2D eigenvalue weighted by molar-refractivity contribution is 0.104. The highest BCUT2D eigenvalue weighted by Crippen LogP contribution is 2.19. The van der Waals surface area contributed by atoms with Gasteiger partial charge in [-0.3, -0.25) is 4.79 Å². The first-order valence-electron chi connectivity index (χ1n) is 7.31. The first-order valence-corrected chi connectivity index (χ1v) is 7.68. The van der Waals surface area contributed by atoms with Crippen LogP contribution in [0, 0.1) is 6.92 Å². The summed E-state index contributed by atoms with van der Waals surface area (Å²) >= 11 is 5.98. The second-order valence-corrected chi connectivity index (χ2v) is 5.99. The molecule has 0 aromatic heterocycles. The zero-order chi connectivity index (χ0) is 16.1. The minimum Gasteiger partial charge on any atom is -0.362 e. The second-order valence-electron chi connectivity index (χ2n) is 5.58. The molecule has 2 aromatic rings. The maximum Gasteiger partial charge on any atom is 0.187 e. The van der Waals surface area contributed by atoms with Crippen LogP contribution in [-0.4, -0.2) is 5.78 Å². The molecule has 0 aliphatic rings. The lowest BCUT2D eigenvalue weighted by Crippen LogP contribution is -1.97. The SMILES string of the molecule is Cc1cc(N/C=C/C(=O)c2ccc(C(C)C)cc2)ccc1Cl. The molecule has 0 bridgehead atoms. The van der Waals surface area contributed by atoms with Crippen LogP contribution in [0.4, 0.5) is 5.69 Å². The van der Waals surface area contributed by atoms with Crippen molar-refractivity contribution in [2.75, 3.05) is 5.32 Å². The van der Waals surface area contributed by atoms with E-state index in [0.717, 1.165) is 16.3 Å². The lowest BCUT2D eigenvalue weighted by atomic mass is 10.0. The Morgan fingerprint density at radius 3 is 2.41 bits per heavy atom. The van der Waals surface area contributed by atoms with E-state index in [1.165, 1.54) is 11.6 Å². The van der Waals surface area contributed by atoms with E-state index in [4.69, 9.17) is 11.6 Å². The van der Waals surface area contributed by atoms with Gasteiger partial charge in [-0.25, -0.2) is 0 Å². The molecule has 2 aromatic carbocycles. The quantitative estimate of drug-likeness (QED) is 0.576. The Hall–Kier alpha value is -2.06. The minimum atomic E-state index is -0.0199. The molecule has 0 atom stereocenters. The summed E-state index contributed by atoms with van der Waals surface area (Å²) in [7, 11) is 0. The standard InChI is InChI=1S/C19H20ClNO/c1-13(2)15-4-6-16(7-5-15)19(22)10-11-21-17-8-9-18(20)14(3)12-17/h4-13,21H,1-3H3/b11-10+. The maximum absolute atomic E-state index is 12.1. The maximum atomic E-state index is 12.1. The van der Waals surface area contributed by atoms with Gasteiger partial charge in [-0.05, 0) is 42.2 Å². The fourth-order valence-corrected chi connectivity index (χ4v) is 2.19. The summed E-state index contributed by atoms with van der Waals surface area (Å²) in [6, 6.07) is 13.4. The van der Waals surface area contributed by atoms with E-state index in [0.29, 0.717) is 11.5 Å². The van der Waals surface area contributed by atoms with Crippen LogP contribution in [0.3, 0.4) is 0 Å². The molecule has 2 nitrogen and oxygen atoms in total. The highest BCUT2D eigenvalue weighted by molar-refractivity contribution is 6.31. The molecule has 3 heteroatoms. The van der Waals surface area contributed by atoms with Gasteiger partial charge in [-0.2, -0.15) is 0 Å². The molecular weight excluding hydrogens is 294 g/mol. The monoisotopic (exact) mass is 313 g/mol. The van der Waals surface area contributed by atoms with E-state index in [2.05, 4.69) is 19.2 Å². The van der Waals surface area contributed by atoms with E-state index in [-0.39, 0.29) is 5.78 Å². The predicted molar refractivity (Wildman–Crippen MR) is 93.8 cm³/mol. The number of benzene rings is 2. The number of allylic oxidation sites excluding steroid dienone is 1. The lowest BCUT2D eigenvalue weighted by Gasteiger charge is -2.05. The normalized spacial score (nSPS) is 11.1. The molecule has 0 amide bonds. The third kappa shape index (κ3) is 4.22. The molecular formula is C19H20ClNO. The Morgan fingerprint density at radius 2 is 1.82 bits per heavy atom. The van der Waals surface area contributed by atoms with Crippen LogP contribution in [0.2, 0.25) is 5.02 Å². The van der Waals surface area contributed by atoms with Crippen molar-refractivity contribution >= 4 is 23.1 Å². The first-order chi connectivity index (χ1) is 10.5. The van der Waals surface area contributed by atoms with Crippen molar-refractivity contribution in [1.82, 2.24) is 0 Å². The summed E-state index contributed by atoms with van der Waals surface area (Å²) < 4.78 is 0. The fraction of sp³-hybridized carbons (Fsp3) is 0.211. The Kier molecular flexibility index (Phi) is 5.40. The highest BCUT2D eigenvalue weighted by Gasteiger charge is 2.03. The molecule has 1 N–H and O–H groups in total. The van der Waals surface area contributed by atoms with Crippen LogP contribution < -0.4 is 5.32 Å². The third-order valence-electron chi connectivity index (χ3n) is 3.50. The Balaban J connectivity index is 2.00. The fourth-order valence-electron chi connectivity index (χ4n) is 2.08. The second kappa shape index (κ2) is 7.28. The number of rotatable bonds is 5. The van der Waals surface area contributed by atoms with Crippen molar-refractivity contribution in [2.45, 2.75) is 26.7 Å². The van der Waals surface area contributed by atoms with E-state index in [9.17, 15) is 4.79 Å². The number of carbonyl (C=O) groups excluding carboxylic acids is 1. The molecule has 0 aliphatic carbocycles. The van der Waals surface area contributed by atoms with Gasteiger partial charge in [0.25, 0.3) is 0 Å². The molecule has 2 rings (SSSR count). The van der Waals surface area contributed by atoms with E-state index in [1.807, 2.05) is 49.4 Å². The summed E-state index contributed by atoms with van der Waals surface area (Å²) in [4.78, 5) is 12.1. The molecule has 0 heterocycles. The van der Waals surface area contributed by atoms with Crippen molar-refractivity contribution in [3.63, 3.8) is 0 Å². The van der Waals surface area contributed by atoms with Crippen LogP contribution >= 0.6 is 11.6 Å². The Labute approximate surface area is 136 Å². The molecule has 0 saturated carbocycles. The van der Waals surface area contributed by atoms with Crippen LogP contribution in [0.5, 0.6) is 0 Å². The van der Waals surface area contributed by atoms with Crippen LogP contribution in [0.15, 0.2) is 54.7 Å². The van der Waals surface area contributed by atoms with Crippen molar-refractivity contribution in [3.05, 3.63) is 76.5 Å². The smallest absolute Gasteiger partial charge is 0.187 e. The highest BCUT2D eigenvalue weighted by atomic mass is 35.5. The van der Waals surface area contributed by atoms with E-state index in [1.54, 1.807) is 6.20 Å². The van der Waals surface area contributed by atoms with Gasteiger partial charge in [0.15, 0.2) is 5.78 Å². The Morgan fingerprint density at radius 1 is 1.14 bits per heavy atom. The summed E-state index contributed by atoms with van der Waals surface area (Å²) in [5, 5.41) is 3.82. The number of nitrogens with one attached hydrogen (secondary N) is 1. The zero-order valence-electron chi connectivity index (χ0n) is 13.1. The number of ketones is 1. The van der Waals surface area contributed by atoms with Gasteiger partial charge >= 0.3 is 0 Å². The van der Waals surface area contributed by atoms with Gasteiger partial charge < -0.3 is 5.32 Å². The van der Waals surface area contributed by atoms with Crippen molar-refractivity contribution in [1.29, 1.82) is 0 Å². The van der Waals surface area contributed by atoms with Gasteiger partial charge in [0.2, 0.25) is 0 Å². The average Bonchev–Trinajstić information content (AvgIpc) is 2.51. The number of hydrogen-bond donors (Lipinski definition) is 1. The van der Waals surface area contributed by atoms with Gasteiger partial charge in [0.1, 0.15) is 0 Å². The molecule has 22 heavy (non-hydrogen) atoms. The predicted octanol–water partition coefficient (Wildman–Crippen LogP) is 5.58. The summed E-state index contributed by atoms with van der Waals surface area (Å²) in [5.74, 6) is 0.447. The first kappa shape index (κ1) is 16.3. The van der Waals surface area contributed by atoms with Gasteiger partial charge in [-0.1, -0.05) is 49.7 Å². The molecule has 114 valence electrons. The topological polar surface area (TPSA) is 29.1 Å². The molecule has 0 saturated heterocycles. The minimum absolute atomic E-state index is 0.0199. The van der Waals surface area contributed by atoms with Crippen LogP contribution in [0.1, 0.15) is 41.3 Å². The van der Waals surface area contributed by atoms with E-state index < -0.39 is 0 Å². The largest absolute Gasteiger partial charge is 0.362 e. The summed E-state index contributed by atoms with van der Waals surface area (Å²) in [6.07, 6.45) is 3.19. The number of halogens is 1. The van der Waals surface area contributed by atoms with Crippen molar-refractivity contribution in [2.24, 2.45) is 0 Å². The van der Waals surface area contributed by atoms with Crippen molar-refractivity contribution in [3.8, 4) is 0 Å². The average molecular weight is 314 g/mol. The molecule has 0 unspecified atom stereocenters. The van der Waals surface area contributed by atoms with E-state index >= 15 is 0 Å². The number of aryl methyl sites for hydroxylation is 1. The molecule has 0 spiro atoms. The zero-order valence-corrected chi connectivity index (χ0v) is 13.8. The van der Waals surface area contributed by atoms with Gasteiger partial charge in [0, 0.05) is 28.5 Å². The van der Waals surface area contributed by atoms with Gasteiger partial charge in [0.05, 0.1) is 0 Å². The third-order valence-corrected chi connectivity index (χ3v) is 3.93. The molecule has 0 aliphatic heterocycles. The summed E-state index contributed by atoms with van der Waals surface area (Å²) in [5.41, 5.74) is 3.82. The number of carbonyl (C=O) groups is 1. The molecule has 0 radical (unpaired) electrons. The van der Waals surface area contributed by atoms with Gasteiger partial charge in [-0.15, -0.1) is 0 Å². The molecule has 0 fully saturated rings.